The summed E-state index contributed by atoms with van der Waals surface area (Å²) in [6.45, 7) is 3.71. The van der Waals surface area contributed by atoms with Gasteiger partial charge >= 0.3 is 20.2 Å². The van der Waals surface area contributed by atoms with E-state index in [1.165, 1.54) is 19.2 Å². The summed E-state index contributed by atoms with van der Waals surface area (Å²) in [5.41, 5.74) is 3.00. The van der Waals surface area contributed by atoms with Gasteiger partial charge in [0, 0.05) is 11.0 Å². The predicted octanol–water partition coefficient (Wildman–Crippen LogP) is 5.34. The lowest BCUT2D eigenvalue weighted by Crippen LogP contribution is -2.11. The van der Waals surface area contributed by atoms with Crippen molar-refractivity contribution in [2.24, 2.45) is 5.16 Å². The molecule has 12 heteroatoms. The van der Waals surface area contributed by atoms with Gasteiger partial charge in [-0.1, -0.05) is 58.9 Å². The van der Waals surface area contributed by atoms with E-state index in [0.29, 0.717) is 10.5 Å². The van der Waals surface area contributed by atoms with Crippen molar-refractivity contribution >= 4 is 42.6 Å². The minimum absolute atomic E-state index is 0.0662. The van der Waals surface area contributed by atoms with E-state index in [1.54, 1.807) is 24.3 Å². The summed E-state index contributed by atoms with van der Waals surface area (Å²) in [5, 5.41) is 13.7. The molecule has 9 nitrogen and oxygen atoms in total. The highest BCUT2D eigenvalue weighted by atomic mass is 32.2. The third kappa shape index (κ3) is 6.34. The summed E-state index contributed by atoms with van der Waals surface area (Å²) >= 11 is 1.09. The van der Waals surface area contributed by atoms with Crippen LogP contribution in [0.25, 0.3) is 5.57 Å². The fraction of sp³-hybridized carbons (Fsp3) is 0.111. The van der Waals surface area contributed by atoms with Gasteiger partial charge in [0.2, 0.25) is 0 Å². The van der Waals surface area contributed by atoms with E-state index in [0.717, 1.165) is 46.7 Å². The number of nitrogens with zero attached hydrogens (tertiary/aromatic N) is 2. The first kappa shape index (κ1) is 28.0. The number of ether oxygens (including phenoxy) is 1. The summed E-state index contributed by atoms with van der Waals surface area (Å²) in [6.07, 6.45) is 3.20. The molecule has 3 aromatic carbocycles. The Labute approximate surface area is 231 Å². The number of benzene rings is 3. The van der Waals surface area contributed by atoms with Crippen molar-refractivity contribution in [2.45, 2.75) is 23.6 Å². The number of oxime groups is 1. The van der Waals surface area contributed by atoms with Crippen LogP contribution in [0, 0.1) is 25.2 Å². The molecule has 0 spiro atoms. The maximum atomic E-state index is 12.8. The van der Waals surface area contributed by atoms with Gasteiger partial charge in [0.05, 0.1) is 12.7 Å². The van der Waals surface area contributed by atoms with E-state index in [9.17, 15) is 22.1 Å². The second kappa shape index (κ2) is 11.4. The van der Waals surface area contributed by atoms with Crippen LogP contribution in [-0.4, -0.2) is 29.0 Å². The molecule has 0 atom stereocenters. The largest absolute Gasteiger partial charge is 0.493 e. The number of hydrogen-bond donors (Lipinski definition) is 0. The Balaban J connectivity index is 1.53. The molecule has 0 amide bonds. The molecule has 0 fully saturated rings. The Kier molecular flexibility index (Phi) is 8.15. The van der Waals surface area contributed by atoms with E-state index in [1.807, 2.05) is 38.1 Å². The van der Waals surface area contributed by atoms with Gasteiger partial charge in [-0.15, -0.1) is 0 Å². The average molecular weight is 583 g/mol. The highest BCUT2D eigenvalue weighted by Crippen LogP contribution is 2.36. The molecule has 1 heterocycles. The summed E-state index contributed by atoms with van der Waals surface area (Å²) in [4.78, 5) is 0.206. The minimum Gasteiger partial charge on any atom is -0.493 e. The lowest BCUT2D eigenvalue weighted by molar-refractivity contribution is 0.339. The molecular weight excluding hydrogens is 561 g/mol. The lowest BCUT2D eigenvalue weighted by atomic mass is 10.0. The third-order valence-corrected chi connectivity index (χ3v) is 8.85. The molecule has 0 saturated heterocycles. The smallest absolute Gasteiger partial charge is 0.358 e. The summed E-state index contributed by atoms with van der Waals surface area (Å²) in [5.74, 6) is -0.340. The molecule has 0 N–H and O–H groups in total. The maximum absolute atomic E-state index is 12.8. The molecular formula is C27H22N2O7S3. The van der Waals surface area contributed by atoms with E-state index < -0.39 is 20.2 Å². The van der Waals surface area contributed by atoms with Gasteiger partial charge in [0.1, 0.15) is 20.9 Å². The second-order valence-electron chi connectivity index (χ2n) is 8.22. The second-order valence-corrected chi connectivity index (χ2v) is 12.4. The SMILES string of the molecule is COc1cc(S(=O)(=O)ON=C2C=C/C(=C(/C#N)c3ccccc3C)S2)ccc1OS(=O)(=O)c1ccc(C)cc1. The molecule has 4 rings (SSSR count). The maximum Gasteiger partial charge on any atom is 0.358 e. The molecule has 0 radical (unpaired) electrons. The lowest BCUT2D eigenvalue weighted by Gasteiger charge is -2.12. The normalized spacial score (nSPS) is 15.6. The fourth-order valence-electron chi connectivity index (χ4n) is 3.48. The molecule has 1 aliphatic heterocycles. The van der Waals surface area contributed by atoms with Crippen LogP contribution >= 0.6 is 11.8 Å². The highest BCUT2D eigenvalue weighted by molar-refractivity contribution is 8.18. The number of aryl methyl sites for hydroxylation is 2. The Bertz CT molecular complexity index is 1770. The zero-order valence-electron chi connectivity index (χ0n) is 21.0. The zero-order chi connectivity index (χ0) is 28.2. The first-order chi connectivity index (χ1) is 18.5. The molecule has 0 saturated carbocycles. The number of nitriles is 1. The van der Waals surface area contributed by atoms with Crippen molar-refractivity contribution in [1.82, 2.24) is 0 Å². The van der Waals surface area contributed by atoms with Crippen LogP contribution in [0.5, 0.6) is 11.5 Å². The van der Waals surface area contributed by atoms with Gasteiger partial charge in [0.25, 0.3) is 0 Å². The Morgan fingerprint density at radius 3 is 2.23 bits per heavy atom. The molecule has 1 aliphatic rings. The van der Waals surface area contributed by atoms with Crippen LogP contribution in [-0.2, 0) is 24.5 Å². The van der Waals surface area contributed by atoms with Crippen molar-refractivity contribution in [3.8, 4) is 17.6 Å². The monoisotopic (exact) mass is 582 g/mol. The van der Waals surface area contributed by atoms with Crippen LogP contribution in [0.15, 0.2) is 98.7 Å². The van der Waals surface area contributed by atoms with Crippen LogP contribution in [0.1, 0.15) is 16.7 Å². The predicted molar refractivity (Wildman–Crippen MR) is 148 cm³/mol. The van der Waals surface area contributed by atoms with Gasteiger partial charge in [-0.2, -0.15) is 22.1 Å². The molecule has 200 valence electrons. The summed E-state index contributed by atoms with van der Waals surface area (Å²) in [6, 6.07) is 19.0. The summed E-state index contributed by atoms with van der Waals surface area (Å²) in [7, 11) is -7.35. The van der Waals surface area contributed by atoms with Crippen molar-refractivity contribution in [1.29, 1.82) is 5.26 Å². The van der Waals surface area contributed by atoms with Gasteiger partial charge in [-0.3, -0.25) is 4.28 Å². The Morgan fingerprint density at radius 2 is 1.56 bits per heavy atom. The van der Waals surface area contributed by atoms with Crippen LogP contribution in [0.4, 0.5) is 0 Å². The van der Waals surface area contributed by atoms with E-state index >= 15 is 0 Å². The Morgan fingerprint density at radius 1 is 0.872 bits per heavy atom. The number of thioether (sulfide) groups is 1. The number of rotatable bonds is 8. The molecule has 0 unspecified atom stereocenters. The molecule has 3 aromatic rings. The van der Waals surface area contributed by atoms with Gasteiger partial charge in [0.15, 0.2) is 11.5 Å². The third-order valence-electron chi connectivity index (χ3n) is 5.52. The molecule has 0 bridgehead atoms. The summed E-state index contributed by atoms with van der Waals surface area (Å²) < 4.78 is 66.1. The van der Waals surface area contributed by atoms with E-state index in [-0.39, 0.29) is 26.3 Å². The number of allylic oxidation sites excluding steroid dienone is 2. The standard InChI is InChI=1S/C27H22N2O7S3/c1-18-8-10-20(11-9-18)38(30,31)35-24-13-12-21(16-25(24)34-3)39(32,33)36-29-27-15-14-26(37-27)23(17-28)22-7-5-4-6-19(22)2/h4-16H,1-3H3/b26-23+,29-27?. The van der Waals surface area contributed by atoms with Gasteiger partial charge in [-0.25, -0.2) is 0 Å². The average Bonchev–Trinajstić information content (AvgIpc) is 3.38. The van der Waals surface area contributed by atoms with Crippen LogP contribution in [0.3, 0.4) is 0 Å². The topological polar surface area (TPSA) is 132 Å². The minimum atomic E-state index is -4.40. The Hall–Kier alpha value is -4.05. The molecule has 0 aliphatic carbocycles. The first-order valence-electron chi connectivity index (χ1n) is 11.3. The number of methoxy groups -OCH3 is 1. The van der Waals surface area contributed by atoms with E-state index in [2.05, 4.69) is 11.2 Å². The van der Waals surface area contributed by atoms with E-state index in [4.69, 9.17) is 13.2 Å². The quantitative estimate of drug-likeness (QED) is 0.196. The fourth-order valence-corrected chi connectivity index (χ4v) is 6.05. The van der Waals surface area contributed by atoms with Crippen molar-refractivity contribution in [3.05, 3.63) is 100 Å². The number of hydrogen-bond acceptors (Lipinski definition) is 10. The highest BCUT2D eigenvalue weighted by Gasteiger charge is 2.24. The van der Waals surface area contributed by atoms with Crippen molar-refractivity contribution in [2.75, 3.05) is 7.11 Å². The van der Waals surface area contributed by atoms with Gasteiger partial charge < -0.3 is 8.92 Å². The van der Waals surface area contributed by atoms with Crippen molar-refractivity contribution < 1.29 is 30.0 Å². The molecule has 39 heavy (non-hydrogen) atoms. The molecule has 0 aromatic heterocycles. The van der Waals surface area contributed by atoms with Crippen LogP contribution < -0.4 is 8.92 Å². The van der Waals surface area contributed by atoms with Gasteiger partial charge in [-0.05, 0) is 61.4 Å². The zero-order valence-corrected chi connectivity index (χ0v) is 23.4. The first-order valence-corrected chi connectivity index (χ1v) is 14.9. The van der Waals surface area contributed by atoms with Crippen LogP contribution in [0.2, 0.25) is 0 Å². The van der Waals surface area contributed by atoms with Crippen molar-refractivity contribution in [3.63, 3.8) is 0 Å².